The summed E-state index contributed by atoms with van der Waals surface area (Å²) in [6, 6.07) is 7.15. The van der Waals surface area contributed by atoms with Gasteiger partial charge in [-0.1, -0.05) is 23.7 Å². The standard InChI is InChI=1S/C16H25ClN2O2/c1-12(2)19(11-13-6-4-7-14(17)10-13)16(20)15(18)8-5-9-21-3/h4,6-7,10,12,15H,5,8-9,11,18H2,1-3H3. The van der Waals surface area contributed by atoms with E-state index in [1.165, 1.54) is 0 Å². The fourth-order valence-electron chi connectivity index (χ4n) is 2.13. The van der Waals surface area contributed by atoms with E-state index >= 15 is 0 Å². The molecule has 1 aromatic carbocycles. The predicted molar refractivity (Wildman–Crippen MR) is 86.2 cm³/mol. The van der Waals surface area contributed by atoms with Crippen LogP contribution in [0.25, 0.3) is 0 Å². The Balaban J connectivity index is 2.70. The van der Waals surface area contributed by atoms with Crippen molar-refractivity contribution >= 4 is 17.5 Å². The van der Waals surface area contributed by atoms with Crippen molar-refractivity contribution in [2.24, 2.45) is 5.73 Å². The maximum atomic E-state index is 12.5. The van der Waals surface area contributed by atoms with Gasteiger partial charge in [0, 0.05) is 31.3 Å². The van der Waals surface area contributed by atoms with E-state index in [1.807, 2.05) is 38.1 Å². The van der Waals surface area contributed by atoms with Crippen LogP contribution in [-0.2, 0) is 16.1 Å². The van der Waals surface area contributed by atoms with Gasteiger partial charge in [-0.3, -0.25) is 4.79 Å². The van der Waals surface area contributed by atoms with Crippen molar-refractivity contribution in [3.8, 4) is 0 Å². The van der Waals surface area contributed by atoms with Gasteiger partial charge in [0.05, 0.1) is 6.04 Å². The normalized spacial score (nSPS) is 12.5. The Kier molecular flexibility index (Phi) is 7.72. The molecule has 0 saturated heterocycles. The first-order valence-corrected chi connectivity index (χ1v) is 7.63. The van der Waals surface area contributed by atoms with Crippen LogP contribution in [0, 0.1) is 0 Å². The van der Waals surface area contributed by atoms with E-state index in [-0.39, 0.29) is 11.9 Å². The number of amides is 1. The number of halogens is 1. The molecule has 5 heteroatoms. The van der Waals surface area contributed by atoms with Crippen LogP contribution in [0.5, 0.6) is 0 Å². The molecule has 0 spiro atoms. The van der Waals surface area contributed by atoms with Crippen molar-refractivity contribution in [1.82, 2.24) is 4.90 Å². The van der Waals surface area contributed by atoms with Crippen molar-refractivity contribution in [3.05, 3.63) is 34.9 Å². The summed E-state index contributed by atoms with van der Waals surface area (Å²) in [6.45, 7) is 5.13. The summed E-state index contributed by atoms with van der Waals surface area (Å²) in [6.07, 6.45) is 1.41. The third-order valence-electron chi connectivity index (χ3n) is 3.33. The van der Waals surface area contributed by atoms with Crippen LogP contribution < -0.4 is 5.73 Å². The molecular weight excluding hydrogens is 288 g/mol. The highest BCUT2D eigenvalue weighted by atomic mass is 35.5. The fourth-order valence-corrected chi connectivity index (χ4v) is 2.34. The van der Waals surface area contributed by atoms with Crippen LogP contribution in [0.3, 0.4) is 0 Å². The van der Waals surface area contributed by atoms with Gasteiger partial charge in [0.2, 0.25) is 5.91 Å². The number of rotatable bonds is 8. The van der Waals surface area contributed by atoms with Crippen molar-refractivity contribution in [2.75, 3.05) is 13.7 Å². The number of nitrogens with zero attached hydrogens (tertiary/aromatic N) is 1. The van der Waals surface area contributed by atoms with E-state index in [4.69, 9.17) is 22.1 Å². The van der Waals surface area contributed by atoms with Crippen molar-refractivity contribution in [2.45, 2.75) is 45.3 Å². The number of hydrogen-bond acceptors (Lipinski definition) is 3. The van der Waals surface area contributed by atoms with Gasteiger partial charge < -0.3 is 15.4 Å². The molecule has 1 aromatic rings. The molecule has 4 nitrogen and oxygen atoms in total. The number of carbonyl (C=O) groups excluding carboxylic acids is 1. The highest BCUT2D eigenvalue weighted by molar-refractivity contribution is 6.30. The van der Waals surface area contributed by atoms with Crippen molar-refractivity contribution in [1.29, 1.82) is 0 Å². The maximum Gasteiger partial charge on any atom is 0.240 e. The summed E-state index contributed by atoms with van der Waals surface area (Å²) in [5.41, 5.74) is 7.02. The topological polar surface area (TPSA) is 55.6 Å². The number of hydrogen-bond donors (Lipinski definition) is 1. The zero-order valence-electron chi connectivity index (χ0n) is 13.0. The number of ether oxygens (including phenoxy) is 1. The summed E-state index contributed by atoms with van der Waals surface area (Å²) in [4.78, 5) is 14.3. The lowest BCUT2D eigenvalue weighted by Crippen LogP contribution is -2.46. The Morgan fingerprint density at radius 2 is 2.14 bits per heavy atom. The Hall–Kier alpha value is -1.10. The highest BCUT2D eigenvalue weighted by Gasteiger charge is 2.23. The van der Waals surface area contributed by atoms with E-state index < -0.39 is 6.04 Å². The van der Waals surface area contributed by atoms with E-state index in [0.29, 0.717) is 24.6 Å². The lowest BCUT2D eigenvalue weighted by atomic mass is 10.1. The average Bonchev–Trinajstić information content (AvgIpc) is 2.44. The Labute approximate surface area is 132 Å². The largest absolute Gasteiger partial charge is 0.385 e. The molecule has 0 fully saturated rings. The smallest absolute Gasteiger partial charge is 0.240 e. The first-order chi connectivity index (χ1) is 9.95. The zero-order valence-corrected chi connectivity index (χ0v) is 13.8. The monoisotopic (exact) mass is 312 g/mol. The molecule has 1 rings (SSSR count). The van der Waals surface area contributed by atoms with E-state index in [9.17, 15) is 4.79 Å². The molecule has 0 aliphatic rings. The third kappa shape index (κ3) is 6.04. The first kappa shape index (κ1) is 18.0. The fraction of sp³-hybridized carbons (Fsp3) is 0.562. The molecule has 0 aliphatic carbocycles. The van der Waals surface area contributed by atoms with Gasteiger partial charge in [-0.2, -0.15) is 0 Å². The van der Waals surface area contributed by atoms with E-state index in [2.05, 4.69) is 0 Å². The molecule has 1 atom stereocenters. The van der Waals surface area contributed by atoms with Crippen molar-refractivity contribution < 1.29 is 9.53 Å². The quantitative estimate of drug-likeness (QED) is 0.751. The predicted octanol–water partition coefficient (Wildman–Crippen LogP) is 2.83. The van der Waals surface area contributed by atoms with Gasteiger partial charge in [0.1, 0.15) is 0 Å². The first-order valence-electron chi connectivity index (χ1n) is 7.25. The van der Waals surface area contributed by atoms with Crippen molar-refractivity contribution in [3.63, 3.8) is 0 Å². The Morgan fingerprint density at radius 1 is 1.43 bits per heavy atom. The molecule has 0 aromatic heterocycles. The van der Waals surface area contributed by atoms with Crippen LogP contribution in [0.4, 0.5) is 0 Å². The Morgan fingerprint density at radius 3 is 2.71 bits per heavy atom. The number of benzene rings is 1. The summed E-state index contributed by atoms with van der Waals surface area (Å²) in [7, 11) is 1.65. The van der Waals surface area contributed by atoms with Gasteiger partial charge in [-0.05, 0) is 44.4 Å². The second-order valence-electron chi connectivity index (χ2n) is 5.43. The maximum absolute atomic E-state index is 12.5. The molecule has 1 amide bonds. The SMILES string of the molecule is COCCCC(N)C(=O)N(Cc1cccc(Cl)c1)C(C)C. The van der Waals surface area contributed by atoms with E-state index in [1.54, 1.807) is 12.0 Å². The molecule has 2 N–H and O–H groups in total. The van der Waals surface area contributed by atoms with Crippen LogP contribution in [-0.4, -0.2) is 36.6 Å². The van der Waals surface area contributed by atoms with Crippen LogP contribution >= 0.6 is 11.6 Å². The minimum atomic E-state index is -0.485. The molecule has 1 unspecified atom stereocenters. The van der Waals surface area contributed by atoms with Crippen LogP contribution in [0.1, 0.15) is 32.3 Å². The average molecular weight is 313 g/mol. The van der Waals surface area contributed by atoms with Gasteiger partial charge in [-0.25, -0.2) is 0 Å². The third-order valence-corrected chi connectivity index (χ3v) is 3.56. The van der Waals surface area contributed by atoms with Crippen LogP contribution in [0.2, 0.25) is 5.02 Å². The molecular formula is C16H25ClN2O2. The summed E-state index contributed by atoms with van der Waals surface area (Å²) < 4.78 is 4.99. The molecule has 0 heterocycles. The van der Waals surface area contributed by atoms with E-state index in [0.717, 1.165) is 12.0 Å². The molecule has 0 aliphatic heterocycles. The molecule has 0 saturated carbocycles. The highest BCUT2D eigenvalue weighted by Crippen LogP contribution is 2.15. The number of nitrogens with two attached hydrogens (primary N) is 1. The summed E-state index contributed by atoms with van der Waals surface area (Å²) in [5.74, 6) is -0.0268. The number of methoxy groups -OCH3 is 1. The number of carbonyl (C=O) groups is 1. The molecule has 21 heavy (non-hydrogen) atoms. The zero-order chi connectivity index (χ0) is 15.8. The van der Waals surface area contributed by atoms with Gasteiger partial charge in [0.15, 0.2) is 0 Å². The van der Waals surface area contributed by atoms with Gasteiger partial charge in [-0.15, -0.1) is 0 Å². The summed E-state index contributed by atoms with van der Waals surface area (Å²) >= 11 is 5.99. The summed E-state index contributed by atoms with van der Waals surface area (Å²) in [5, 5.41) is 0.674. The molecule has 0 bridgehead atoms. The van der Waals surface area contributed by atoms with Gasteiger partial charge in [0.25, 0.3) is 0 Å². The van der Waals surface area contributed by atoms with Crippen LogP contribution in [0.15, 0.2) is 24.3 Å². The minimum absolute atomic E-state index is 0.0268. The van der Waals surface area contributed by atoms with Gasteiger partial charge >= 0.3 is 0 Å². The second kappa shape index (κ2) is 9.03. The minimum Gasteiger partial charge on any atom is -0.385 e. The Bertz CT molecular complexity index is 452. The lowest BCUT2D eigenvalue weighted by Gasteiger charge is -2.29. The lowest BCUT2D eigenvalue weighted by molar-refractivity contribution is -0.135. The molecule has 0 radical (unpaired) electrons. The molecule has 118 valence electrons. The second-order valence-corrected chi connectivity index (χ2v) is 5.87.